The summed E-state index contributed by atoms with van der Waals surface area (Å²) < 4.78 is 5.90. The molecule has 0 aromatic heterocycles. The molecular formula is C20H31N3O2. The van der Waals surface area contributed by atoms with Crippen molar-refractivity contribution in [2.24, 2.45) is 0 Å². The second kappa shape index (κ2) is 8.68. The molecule has 138 valence electrons. The van der Waals surface area contributed by atoms with Crippen molar-refractivity contribution in [2.45, 2.75) is 38.6 Å². The van der Waals surface area contributed by atoms with Crippen LogP contribution in [0.1, 0.15) is 38.2 Å². The number of hydrogen-bond donors (Lipinski definition) is 1. The number of nitrogens with zero attached hydrogens (tertiary/aromatic N) is 2. The van der Waals surface area contributed by atoms with Gasteiger partial charge in [0.15, 0.2) is 6.61 Å². The summed E-state index contributed by atoms with van der Waals surface area (Å²) >= 11 is 0. The van der Waals surface area contributed by atoms with Crippen molar-refractivity contribution in [2.75, 3.05) is 45.9 Å². The molecule has 0 bridgehead atoms. The fourth-order valence-corrected chi connectivity index (χ4v) is 3.78. The lowest BCUT2D eigenvalue weighted by molar-refractivity contribution is -0.132. The predicted molar refractivity (Wildman–Crippen MR) is 100 cm³/mol. The van der Waals surface area contributed by atoms with E-state index in [2.05, 4.69) is 30.1 Å². The van der Waals surface area contributed by atoms with Crippen LogP contribution in [0.25, 0.3) is 0 Å². The molecule has 2 unspecified atom stereocenters. The number of para-hydroxylation sites is 1. The van der Waals surface area contributed by atoms with E-state index in [1.807, 2.05) is 23.1 Å². The van der Waals surface area contributed by atoms with Crippen molar-refractivity contribution in [1.29, 1.82) is 0 Å². The summed E-state index contributed by atoms with van der Waals surface area (Å²) in [6, 6.07) is 8.60. The predicted octanol–water partition coefficient (Wildman–Crippen LogP) is 2.08. The molecular weight excluding hydrogens is 314 g/mol. The Bertz CT molecular complexity index is 572. The maximum atomic E-state index is 12.6. The molecule has 2 aliphatic heterocycles. The highest BCUT2D eigenvalue weighted by Gasteiger charge is 2.31. The fourth-order valence-electron chi connectivity index (χ4n) is 3.78. The zero-order valence-corrected chi connectivity index (χ0v) is 15.5. The van der Waals surface area contributed by atoms with Gasteiger partial charge in [-0.15, -0.1) is 0 Å². The lowest BCUT2D eigenvalue weighted by atomic mass is 9.98. The number of amides is 1. The number of ether oxygens (including phenoxy) is 1. The van der Waals surface area contributed by atoms with Gasteiger partial charge in [0.05, 0.1) is 0 Å². The van der Waals surface area contributed by atoms with E-state index in [1.165, 1.54) is 5.56 Å². The molecule has 3 rings (SSSR count). The Morgan fingerprint density at radius 2 is 2.04 bits per heavy atom. The standard InChI is InChI=1S/C20H31N3O2/c1-3-16(2)18-6-4-5-7-19(18)25-15-20(24)23-11-8-17(14-23)22-12-9-21-10-13-22/h4-7,16-17,21H,3,8-15H2,1-2H3. The van der Waals surface area contributed by atoms with Gasteiger partial charge in [0.25, 0.3) is 5.91 Å². The van der Waals surface area contributed by atoms with Gasteiger partial charge in [-0.05, 0) is 30.4 Å². The number of nitrogens with one attached hydrogen (secondary N) is 1. The molecule has 0 aliphatic carbocycles. The van der Waals surface area contributed by atoms with Crippen LogP contribution in [0.5, 0.6) is 5.75 Å². The fraction of sp³-hybridized carbons (Fsp3) is 0.650. The molecule has 0 saturated carbocycles. The molecule has 0 radical (unpaired) electrons. The van der Waals surface area contributed by atoms with Crippen molar-refractivity contribution in [3.63, 3.8) is 0 Å². The third kappa shape index (κ3) is 4.53. The van der Waals surface area contributed by atoms with Gasteiger partial charge in [0, 0.05) is 45.3 Å². The number of likely N-dealkylation sites (tertiary alicyclic amines) is 1. The molecule has 0 spiro atoms. The zero-order valence-electron chi connectivity index (χ0n) is 15.5. The van der Waals surface area contributed by atoms with E-state index < -0.39 is 0 Å². The van der Waals surface area contributed by atoms with Gasteiger partial charge in [0.2, 0.25) is 0 Å². The normalized spacial score (nSPS) is 22.8. The molecule has 2 saturated heterocycles. The number of piperazine rings is 1. The van der Waals surface area contributed by atoms with Gasteiger partial charge in [0.1, 0.15) is 5.75 Å². The van der Waals surface area contributed by atoms with E-state index in [9.17, 15) is 4.79 Å². The van der Waals surface area contributed by atoms with Gasteiger partial charge in [-0.1, -0.05) is 32.0 Å². The Hall–Kier alpha value is -1.59. The Morgan fingerprint density at radius 3 is 2.80 bits per heavy atom. The van der Waals surface area contributed by atoms with Crippen LogP contribution >= 0.6 is 0 Å². The molecule has 5 heteroatoms. The summed E-state index contributed by atoms with van der Waals surface area (Å²) in [5.41, 5.74) is 1.19. The molecule has 1 aromatic rings. The topological polar surface area (TPSA) is 44.8 Å². The molecule has 1 N–H and O–H groups in total. The average Bonchev–Trinajstić information content (AvgIpc) is 3.17. The van der Waals surface area contributed by atoms with Crippen molar-refractivity contribution in [1.82, 2.24) is 15.1 Å². The number of hydrogen-bond acceptors (Lipinski definition) is 4. The highest BCUT2D eigenvalue weighted by molar-refractivity contribution is 5.78. The zero-order chi connectivity index (χ0) is 17.6. The van der Waals surface area contributed by atoms with Crippen LogP contribution in [0, 0.1) is 0 Å². The quantitative estimate of drug-likeness (QED) is 0.857. The van der Waals surface area contributed by atoms with Crippen LogP contribution in [0.15, 0.2) is 24.3 Å². The van der Waals surface area contributed by atoms with Crippen molar-refractivity contribution < 1.29 is 9.53 Å². The number of carbonyl (C=O) groups excluding carboxylic acids is 1. The molecule has 5 nitrogen and oxygen atoms in total. The van der Waals surface area contributed by atoms with Crippen molar-refractivity contribution in [3.05, 3.63) is 29.8 Å². The van der Waals surface area contributed by atoms with E-state index in [-0.39, 0.29) is 12.5 Å². The lowest BCUT2D eigenvalue weighted by Crippen LogP contribution is -2.49. The third-order valence-electron chi connectivity index (χ3n) is 5.60. The van der Waals surface area contributed by atoms with Crippen LogP contribution in [-0.4, -0.2) is 67.6 Å². The molecule has 1 aromatic carbocycles. The summed E-state index contributed by atoms with van der Waals surface area (Å²) in [5, 5.41) is 3.39. The monoisotopic (exact) mass is 345 g/mol. The van der Waals surface area contributed by atoms with Crippen LogP contribution in [0.4, 0.5) is 0 Å². The van der Waals surface area contributed by atoms with Crippen molar-refractivity contribution >= 4 is 5.91 Å². The van der Waals surface area contributed by atoms with E-state index >= 15 is 0 Å². The second-order valence-corrected chi connectivity index (χ2v) is 7.20. The maximum absolute atomic E-state index is 12.6. The summed E-state index contributed by atoms with van der Waals surface area (Å²) in [7, 11) is 0. The van der Waals surface area contributed by atoms with Crippen molar-refractivity contribution in [3.8, 4) is 5.75 Å². The Morgan fingerprint density at radius 1 is 1.28 bits per heavy atom. The number of carbonyl (C=O) groups is 1. The minimum atomic E-state index is 0.108. The molecule has 2 atom stereocenters. The van der Waals surface area contributed by atoms with Crippen LogP contribution in [-0.2, 0) is 4.79 Å². The minimum Gasteiger partial charge on any atom is -0.483 e. The molecule has 2 heterocycles. The summed E-state index contributed by atoms with van der Waals surface area (Å²) in [6.07, 6.45) is 2.14. The first kappa shape index (κ1) is 18.2. The van der Waals surface area contributed by atoms with Crippen LogP contribution < -0.4 is 10.1 Å². The second-order valence-electron chi connectivity index (χ2n) is 7.20. The Balaban J connectivity index is 1.52. The first-order valence-corrected chi connectivity index (χ1v) is 9.63. The Labute approximate surface area is 151 Å². The molecule has 2 fully saturated rings. The largest absolute Gasteiger partial charge is 0.483 e. The highest BCUT2D eigenvalue weighted by Crippen LogP contribution is 2.28. The SMILES string of the molecule is CCC(C)c1ccccc1OCC(=O)N1CCC(N2CCNCC2)C1. The van der Waals surface area contributed by atoms with Gasteiger partial charge < -0.3 is 15.0 Å². The minimum absolute atomic E-state index is 0.108. The molecule has 1 amide bonds. The van der Waals surface area contributed by atoms with Gasteiger partial charge >= 0.3 is 0 Å². The maximum Gasteiger partial charge on any atom is 0.260 e. The third-order valence-corrected chi connectivity index (χ3v) is 5.60. The summed E-state index contributed by atoms with van der Waals surface area (Å²) in [5.74, 6) is 1.40. The van der Waals surface area contributed by atoms with Gasteiger partial charge in [-0.3, -0.25) is 9.69 Å². The number of benzene rings is 1. The van der Waals surface area contributed by atoms with Gasteiger partial charge in [-0.2, -0.15) is 0 Å². The highest BCUT2D eigenvalue weighted by atomic mass is 16.5. The molecule has 2 aliphatic rings. The van der Waals surface area contributed by atoms with Gasteiger partial charge in [-0.25, -0.2) is 0 Å². The summed E-state index contributed by atoms with van der Waals surface area (Å²) in [6.45, 7) is 10.5. The summed E-state index contributed by atoms with van der Waals surface area (Å²) in [4.78, 5) is 17.1. The molecule has 25 heavy (non-hydrogen) atoms. The van der Waals surface area contributed by atoms with E-state index in [0.717, 1.165) is 57.9 Å². The van der Waals surface area contributed by atoms with E-state index in [1.54, 1.807) is 0 Å². The lowest BCUT2D eigenvalue weighted by Gasteiger charge is -2.32. The van der Waals surface area contributed by atoms with Crippen LogP contribution in [0.3, 0.4) is 0 Å². The smallest absolute Gasteiger partial charge is 0.260 e. The first-order chi connectivity index (χ1) is 12.2. The Kier molecular flexibility index (Phi) is 6.32. The first-order valence-electron chi connectivity index (χ1n) is 9.63. The number of rotatable bonds is 6. The van der Waals surface area contributed by atoms with E-state index in [4.69, 9.17) is 4.74 Å². The van der Waals surface area contributed by atoms with E-state index in [0.29, 0.717) is 12.0 Å². The average molecular weight is 345 g/mol. The van der Waals surface area contributed by atoms with Crippen LogP contribution in [0.2, 0.25) is 0 Å².